The number of halogens is 1. The molecule has 1 amide bonds. The number of thioether (sulfide) groups is 1. The van der Waals surface area contributed by atoms with Gasteiger partial charge < -0.3 is 10.0 Å². The van der Waals surface area contributed by atoms with E-state index in [2.05, 4.69) is 0 Å². The second-order valence-electron chi connectivity index (χ2n) is 2.35. The maximum Gasteiger partial charge on any atom is 0.327 e. The SMILES string of the molecule is O=C(O)C1CSCN1C(=O)CCl. The normalized spacial score (nSPS) is 22.8. The van der Waals surface area contributed by atoms with Crippen LogP contribution in [0.1, 0.15) is 0 Å². The molecule has 1 fully saturated rings. The third kappa shape index (κ3) is 1.84. The number of nitrogens with zero attached hydrogens (tertiary/aromatic N) is 1. The molecule has 1 atom stereocenters. The lowest BCUT2D eigenvalue weighted by molar-refractivity contribution is -0.146. The van der Waals surface area contributed by atoms with Crippen molar-refractivity contribution in [1.29, 1.82) is 0 Å². The largest absolute Gasteiger partial charge is 0.480 e. The van der Waals surface area contributed by atoms with Crippen LogP contribution in [0.25, 0.3) is 0 Å². The number of carboxylic acids is 1. The highest BCUT2D eigenvalue weighted by atomic mass is 35.5. The fourth-order valence-electron chi connectivity index (χ4n) is 0.970. The van der Waals surface area contributed by atoms with Crippen LogP contribution in [0.15, 0.2) is 0 Å². The molecule has 1 N–H and O–H groups in total. The minimum absolute atomic E-state index is 0.148. The molecular weight excluding hydrogens is 202 g/mol. The zero-order valence-corrected chi connectivity index (χ0v) is 7.77. The number of alkyl halides is 1. The smallest absolute Gasteiger partial charge is 0.327 e. The van der Waals surface area contributed by atoms with Crippen LogP contribution in [0.2, 0.25) is 0 Å². The van der Waals surface area contributed by atoms with Crippen molar-refractivity contribution in [2.24, 2.45) is 0 Å². The van der Waals surface area contributed by atoms with Crippen LogP contribution in [0, 0.1) is 0 Å². The quantitative estimate of drug-likeness (QED) is 0.661. The average molecular weight is 210 g/mol. The fourth-order valence-corrected chi connectivity index (χ4v) is 2.30. The molecule has 0 bridgehead atoms. The standard InChI is InChI=1S/C6H8ClNO3S/c7-1-5(9)8-3-12-2-4(8)6(10)11/h4H,1-3H2,(H,10,11). The van der Waals surface area contributed by atoms with Gasteiger partial charge in [0, 0.05) is 5.75 Å². The first kappa shape index (κ1) is 9.67. The first-order valence-electron chi connectivity index (χ1n) is 3.32. The predicted octanol–water partition coefficient (Wildman–Crippen LogP) is 0.211. The first-order valence-corrected chi connectivity index (χ1v) is 5.01. The zero-order chi connectivity index (χ0) is 9.14. The Kier molecular flexibility index (Phi) is 3.22. The molecule has 0 spiro atoms. The number of rotatable bonds is 2. The number of aliphatic carboxylic acids is 1. The van der Waals surface area contributed by atoms with Crippen molar-refractivity contribution >= 4 is 35.2 Å². The van der Waals surface area contributed by atoms with Crippen LogP contribution in [0.5, 0.6) is 0 Å². The van der Waals surface area contributed by atoms with E-state index in [-0.39, 0.29) is 11.8 Å². The second-order valence-corrected chi connectivity index (χ2v) is 3.62. The Labute approximate surface area is 78.9 Å². The zero-order valence-electron chi connectivity index (χ0n) is 6.20. The van der Waals surface area contributed by atoms with Gasteiger partial charge in [-0.15, -0.1) is 23.4 Å². The monoisotopic (exact) mass is 209 g/mol. The van der Waals surface area contributed by atoms with E-state index in [1.807, 2.05) is 0 Å². The number of hydrogen-bond acceptors (Lipinski definition) is 3. The molecular formula is C6H8ClNO3S. The van der Waals surface area contributed by atoms with E-state index in [1.54, 1.807) is 0 Å². The lowest BCUT2D eigenvalue weighted by atomic mass is 10.3. The summed E-state index contributed by atoms with van der Waals surface area (Å²) in [7, 11) is 0. The van der Waals surface area contributed by atoms with E-state index in [0.717, 1.165) is 0 Å². The highest BCUT2D eigenvalue weighted by Gasteiger charge is 2.33. The number of amides is 1. The summed E-state index contributed by atoms with van der Waals surface area (Å²) >= 11 is 6.74. The van der Waals surface area contributed by atoms with Crippen molar-refractivity contribution in [3.05, 3.63) is 0 Å². The van der Waals surface area contributed by atoms with Gasteiger partial charge in [-0.05, 0) is 0 Å². The molecule has 0 radical (unpaired) electrons. The number of carbonyl (C=O) groups is 2. The first-order chi connectivity index (χ1) is 5.66. The molecule has 1 rings (SSSR count). The molecule has 12 heavy (non-hydrogen) atoms. The molecule has 1 saturated heterocycles. The molecule has 1 aliphatic heterocycles. The minimum Gasteiger partial charge on any atom is -0.480 e. The molecule has 1 heterocycles. The van der Waals surface area contributed by atoms with Gasteiger partial charge in [0.15, 0.2) is 0 Å². The van der Waals surface area contributed by atoms with Gasteiger partial charge in [-0.1, -0.05) is 0 Å². The molecule has 0 saturated carbocycles. The van der Waals surface area contributed by atoms with Crippen molar-refractivity contribution in [2.75, 3.05) is 17.5 Å². The molecule has 0 aromatic carbocycles. The molecule has 68 valence electrons. The summed E-state index contributed by atoms with van der Waals surface area (Å²) in [4.78, 5) is 22.9. The summed E-state index contributed by atoms with van der Waals surface area (Å²) in [6, 6.07) is -0.693. The van der Waals surface area contributed by atoms with E-state index in [9.17, 15) is 9.59 Å². The Bertz CT molecular complexity index is 211. The average Bonchev–Trinajstić information content (AvgIpc) is 2.50. The van der Waals surface area contributed by atoms with Gasteiger partial charge in [0.2, 0.25) is 5.91 Å². The van der Waals surface area contributed by atoms with Crippen molar-refractivity contribution in [3.8, 4) is 0 Å². The fraction of sp³-hybridized carbons (Fsp3) is 0.667. The van der Waals surface area contributed by atoms with Crippen LogP contribution in [-0.2, 0) is 9.59 Å². The van der Waals surface area contributed by atoms with Crippen molar-refractivity contribution in [3.63, 3.8) is 0 Å². The van der Waals surface area contributed by atoms with E-state index in [1.165, 1.54) is 16.7 Å². The summed E-state index contributed by atoms with van der Waals surface area (Å²) in [5.41, 5.74) is 0. The van der Waals surface area contributed by atoms with Crippen LogP contribution in [-0.4, -0.2) is 45.4 Å². The third-order valence-corrected chi connectivity index (χ3v) is 2.84. The van der Waals surface area contributed by atoms with Crippen molar-refractivity contribution < 1.29 is 14.7 Å². The Hall–Kier alpha value is -0.420. The summed E-state index contributed by atoms with van der Waals surface area (Å²) in [5.74, 6) is -0.530. The highest BCUT2D eigenvalue weighted by Crippen LogP contribution is 2.21. The van der Waals surface area contributed by atoms with Crippen molar-refractivity contribution in [1.82, 2.24) is 4.90 Å². The second kappa shape index (κ2) is 4.00. The maximum absolute atomic E-state index is 11.0. The maximum atomic E-state index is 11.0. The lowest BCUT2D eigenvalue weighted by Gasteiger charge is -2.18. The highest BCUT2D eigenvalue weighted by molar-refractivity contribution is 7.99. The van der Waals surface area contributed by atoms with Gasteiger partial charge in [-0.25, -0.2) is 4.79 Å². The lowest BCUT2D eigenvalue weighted by Crippen LogP contribution is -2.42. The van der Waals surface area contributed by atoms with Gasteiger partial charge in [-0.2, -0.15) is 0 Å². The van der Waals surface area contributed by atoms with Gasteiger partial charge in [0.25, 0.3) is 0 Å². The topological polar surface area (TPSA) is 57.6 Å². The van der Waals surface area contributed by atoms with E-state index in [0.29, 0.717) is 11.6 Å². The summed E-state index contributed by atoms with van der Waals surface area (Å²) in [6.45, 7) is 0. The van der Waals surface area contributed by atoms with Crippen LogP contribution >= 0.6 is 23.4 Å². The van der Waals surface area contributed by atoms with Crippen LogP contribution in [0.3, 0.4) is 0 Å². The summed E-state index contributed by atoms with van der Waals surface area (Å²) < 4.78 is 0. The van der Waals surface area contributed by atoms with E-state index in [4.69, 9.17) is 16.7 Å². The Morgan fingerprint density at radius 3 is 2.83 bits per heavy atom. The summed E-state index contributed by atoms with van der Waals surface area (Å²) in [6.07, 6.45) is 0. The molecule has 4 nitrogen and oxygen atoms in total. The molecule has 1 aliphatic rings. The third-order valence-electron chi connectivity index (χ3n) is 1.60. The van der Waals surface area contributed by atoms with Crippen LogP contribution < -0.4 is 0 Å². The van der Waals surface area contributed by atoms with E-state index < -0.39 is 12.0 Å². The molecule has 0 aliphatic carbocycles. The number of carboxylic acid groups (broad SMARTS) is 1. The summed E-state index contributed by atoms with van der Waals surface area (Å²) in [5, 5.41) is 8.68. The van der Waals surface area contributed by atoms with Crippen molar-refractivity contribution in [2.45, 2.75) is 6.04 Å². The van der Waals surface area contributed by atoms with Gasteiger partial charge >= 0.3 is 5.97 Å². The Morgan fingerprint density at radius 2 is 2.33 bits per heavy atom. The van der Waals surface area contributed by atoms with E-state index >= 15 is 0 Å². The molecule has 0 aromatic heterocycles. The molecule has 0 aromatic rings. The van der Waals surface area contributed by atoms with Gasteiger partial charge in [0.1, 0.15) is 11.9 Å². The number of carbonyl (C=O) groups excluding carboxylic acids is 1. The van der Waals surface area contributed by atoms with Crippen LogP contribution in [0.4, 0.5) is 0 Å². The molecule has 1 unspecified atom stereocenters. The Balaban J connectivity index is 2.63. The minimum atomic E-state index is -0.960. The Morgan fingerprint density at radius 1 is 1.67 bits per heavy atom. The van der Waals surface area contributed by atoms with Gasteiger partial charge in [0.05, 0.1) is 5.88 Å². The van der Waals surface area contributed by atoms with Gasteiger partial charge in [-0.3, -0.25) is 4.79 Å². The predicted molar refractivity (Wildman–Crippen MR) is 46.3 cm³/mol. The number of hydrogen-bond donors (Lipinski definition) is 1. The molecule has 6 heteroatoms.